The van der Waals surface area contributed by atoms with Gasteiger partial charge in [0.15, 0.2) is 11.5 Å². The van der Waals surface area contributed by atoms with Crippen molar-refractivity contribution in [1.29, 1.82) is 0 Å². The Morgan fingerprint density at radius 1 is 0.957 bits per heavy atom. The summed E-state index contributed by atoms with van der Waals surface area (Å²) in [7, 11) is 1.70. The van der Waals surface area contributed by atoms with Gasteiger partial charge in [0.1, 0.15) is 5.75 Å². The fraction of sp³-hybridized carbons (Fsp3) is 0.400. The maximum atomic E-state index is 6.03. The van der Waals surface area contributed by atoms with Crippen molar-refractivity contribution in [1.82, 2.24) is 4.90 Å². The third kappa shape index (κ3) is 4.05. The molecule has 0 saturated carbocycles. The summed E-state index contributed by atoms with van der Waals surface area (Å²) in [5.41, 5.74) is 2.55. The first-order valence-corrected chi connectivity index (χ1v) is 8.44. The Hall–Kier alpha value is -2.00. The van der Waals surface area contributed by atoms with E-state index in [9.17, 15) is 0 Å². The summed E-state index contributed by atoms with van der Waals surface area (Å²) in [6.07, 6.45) is 3.63. The molecule has 23 heavy (non-hydrogen) atoms. The molecular weight excluding hydrogens is 286 g/mol. The number of aryl methyl sites for hydroxylation is 1. The number of likely N-dealkylation sites (tertiary alicyclic amines) is 1. The van der Waals surface area contributed by atoms with Crippen LogP contribution in [0, 0.1) is 0 Å². The summed E-state index contributed by atoms with van der Waals surface area (Å²) in [6.45, 7) is 5.53. The largest absolute Gasteiger partial charge is 0.493 e. The number of benzene rings is 2. The van der Waals surface area contributed by atoms with E-state index < -0.39 is 0 Å². The van der Waals surface area contributed by atoms with Crippen LogP contribution in [0.1, 0.15) is 30.9 Å². The van der Waals surface area contributed by atoms with Crippen LogP contribution in [0.4, 0.5) is 0 Å². The highest BCUT2D eigenvalue weighted by Gasteiger charge is 2.13. The quantitative estimate of drug-likeness (QED) is 0.775. The minimum absolute atomic E-state index is 0.769. The maximum Gasteiger partial charge on any atom is 0.169 e. The first-order chi connectivity index (χ1) is 11.3. The molecule has 0 spiro atoms. The summed E-state index contributed by atoms with van der Waals surface area (Å²) in [5, 5.41) is 0. The molecule has 3 heteroatoms. The zero-order valence-electron chi connectivity index (χ0n) is 14.0. The maximum absolute atomic E-state index is 6.03. The van der Waals surface area contributed by atoms with Gasteiger partial charge in [-0.05, 0) is 67.7 Å². The highest BCUT2D eigenvalue weighted by atomic mass is 16.5. The second-order valence-corrected chi connectivity index (χ2v) is 6.07. The third-order valence-corrected chi connectivity index (χ3v) is 4.37. The van der Waals surface area contributed by atoms with Gasteiger partial charge in [0.25, 0.3) is 0 Å². The van der Waals surface area contributed by atoms with Crippen LogP contribution in [-0.4, -0.2) is 25.1 Å². The Kier molecular flexibility index (Phi) is 5.19. The van der Waals surface area contributed by atoms with Crippen LogP contribution >= 0.6 is 0 Å². The summed E-state index contributed by atoms with van der Waals surface area (Å²) in [6, 6.07) is 14.5. The molecule has 1 aliphatic rings. The Labute approximate surface area is 138 Å². The number of ether oxygens (including phenoxy) is 2. The Morgan fingerprint density at radius 2 is 1.78 bits per heavy atom. The molecule has 1 aliphatic heterocycles. The predicted molar refractivity (Wildman–Crippen MR) is 93.4 cm³/mol. The summed E-state index contributed by atoms with van der Waals surface area (Å²) < 4.78 is 11.6. The Balaban J connectivity index is 1.75. The van der Waals surface area contributed by atoms with Crippen molar-refractivity contribution < 1.29 is 9.47 Å². The van der Waals surface area contributed by atoms with Crippen molar-refractivity contribution in [2.24, 2.45) is 0 Å². The van der Waals surface area contributed by atoms with Gasteiger partial charge in [-0.3, -0.25) is 4.90 Å². The van der Waals surface area contributed by atoms with Gasteiger partial charge < -0.3 is 9.47 Å². The monoisotopic (exact) mass is 311 g/mol. The molecule has 2 aromatic carbocycles. The fourth-order valence-electron chi connectivity index (χ4n) is 3.05. The number of methoxy groups -OCH3 is 1. The van der Waals surface area contributed by atoms with Gasteiger partial charge in [-0.1, -0.05) is 25.1 Å². The highest BCUT2D eigenvalue weighted by Crippen LogP contribution is 2.33. The second-order valence-electron chi connectivity index (χ2n) is 6.07. The normalized spacial score (nSPS) is 14.9. The SMILES string of the molecule is CCc1cccc(Oc2ccc(CN3CCCC3)cc2OC)c1. The first kappa shape index (κ1) is 15.9. The van der Waals surface area contributed by atoms with E-state index >= 15 is 0 Å². The van der Waals surface area contributed by atoms with Gasteiger partial charge in [-0.25, -0.2) is 0 Å². The number of hydrogen-bond donors (Lipinski definition) is 0. The fourth-order valence-corrected chi connectivity index (χ4v) is 3.05. The van der Waals surface area contributed by atoms with Crippen LogP contribution in [-0.2, 0) is 13.0 Å². The highest BCUT2D eigenvalue weighted by molar-refractivity contribution is 5.46. The topological polar surface area (TPSA) is 21.7 Å². The smallest absolute Gasteiger partial charge is 0.169 e. The average Bonchev–Trinajstić information content (AvgIpc) is 3.09. The molecule has 0 N–H and O–H groups in total. The van der Waals surface area contributed by atoms with Crippen LogP contribution in [0.2, 0.25) is 0 Å². The van der Waals surface area contributed by atoms with Crippen molar-refractivity contribution in [2.45, 2.75) is 32.7 Å². The molecule has 1 saturated heterocycles. The van der Waals surface area contributed by atoms with Gasteiger partial charge in [0.05, 0.1) is 7.11 Å². The van der Waals surface area contributed by atoms with Gasteiger partial charge >= 0.3 is 0 Å². The van der Waals surface area contributed by atoms with E-state index in [1.165, 1.54) is 37.1 Å². The van der Waals surface area contributed by atoms with E-state index in [1.54, 1.807) is 7.11 Å². The van der Waals surface area contributed by atoms with Crippen molar-refractivity contribution in [3.63, 3.8) is 0 Å². The van der Waals surface area contributed by atoms with Crippen LogP contribution in [0.3, 0.4) is 0 Å². The minimum atomic E-state index is 0.769. The van der Waals surface area contributed by atoms with Crippen molar-refractivity contribution in [3.8, 4) is 17.2 Å². The molecule has 1 fully saturated rings. The van der Waals surface area contributed by atoms with Crippen LogP contribution < -0.4 is 9.47 Å². The predicted octanol–water partition coefficient (Wildman–Crippen LogP) is 4.65. The number of hydrogen-bond acceptors (Lipinski definition) is 3. The van der Waals surface area contributed by atoms with Crippen LogP contribution in [0.5, 0.6) is 17.2 Å². The number of nitrogens with zero attached hydrogens (tertiary/aromatic N) is 1. The summed E-state index contributed by atoms with van der Waals surface area (Å²) in [5.74, 6) is 2.42. The van der Waals surface area contributed by atoms with Gasteiger partial charge in [0.2, 0.25) is 0 Å². The zero-order chi connectivity index (χ0) is 16.1. The molecule has 0 aromatic heterocycles. The summed E-state index contributed by atoms with van der Waals surface area (Å²) in [4.78, 5) is 2.49. The van der Waals surface area contributed by atoms with Crippen LogP contribution in [0.15, 0.2) is 42.5 Å². The molecule has 0 amide bonds. The lowest BCUT2D eigenvalue weighted by Gasteiger charge is -2.17. The zero-order valence-corrected chi connectivity index (χ0v) is 14.0. The molecule has 0 aliphatic carbocycles. The van der Waals surface area contributed by atoms with Gasteiger partial charge in [-0.2, -0.15) is 0 Å². The summed E-state index contributed by atoms with van der Waals surface area (Å²) >= 11 is 0. The molecule has 3 rings (SSSR count). The molecule has 0 atom stereocenters. The molecule has 122 valence electrons. The lowest BCUT2D eigenvalue weighted by molar-refractivity contribution is 0.329. The van der Waals surface area contributed by atoms with E-state index in [1.807, 2.05) is 18.2 Å². The molecule has 0 radical (unpaired) electrons. The second kappa shape index (κ2) is 7.51. The van der Waals surface area contributed by atoms with E-state index in [2.05, 4.69) is 36.1 Å². The molecule has 1 heterocycles. The van der Waals surface area contributed by atoms with Crippen molar-refractivity contribution >= 4 is 0 Å². The minimum Gasteiger partial charge on any atom is -0.493 e. The van der Waals surface area contributed by atoms with Gasteiger partial charge in [-0.15, -0.1) is 0 Å². The van der Waals surface area contributed by atoms with Crippen molar-refractivity contribution in [2.75, 3.05) is 20.2 Å². The van der Waals surface area contributed by atoms with E-state index in [0.29, 0.717) is 0 Å². The van der Waals surface area contributed by atoms with Crippen molar-refractivity contribution in [3.05, 3.63) is 53.6 Å². The molecule has 2 aromatic rings. The average molecular weight is 311 g/mol. The number of rotatable bonds is 6. The molecule has 3 nitrogen and oxygen atoms in total. The Bertz CT molecular complexity index is 648. The first-order valence-electron chi connectivity index (χ1n) is 8.44. The van der Waals surface area contributed by atoms with E-state index in [0.717, 1.165) is 30.2 Å². The molecule has 0 bridgehead atoms. The molecule has 0 unspecified atom stereocenters. The van der Waals surface area contributed by atoms with Gasteiger partial charge in [0, 0.05) is 6.54 Å². The molecular formula is C20H25NO2. The van der Waals surface area contributed by atoms with E-state index in [4.69, 9.17) is 9.47 Å². The van der Waals surface area contributed by atoms with E-state index in [-0.39, 0.29) is 0 Å². The standard InChI is InChI=1S/C20H25NO2/c1-3-16-7-6-8-18(13-16)23-19-10-9-17(14-20(19)22-2)15-21-11-4-5-12-21/h6-10,13-14H,3-5,11-12,15H2,1-2H3. The van der Waals surface area contributed by atoms with Crippen LogP contribution in [0.25, 0.3) is 0 Å². The lowest BCUT2D eigenvalue weighted by Crippen LogP contribution is -2.18. The third-order valence-electron chi connectivity index (χ3n) is 4.37. The Morgan fingerprint density at radius 3 is 2.52 bits per heavy atom. The lowest BCUT2D eigenvalue weighted by atomic mass is 10.1.